The number of Topliss-reactive ketones (excluding diaryl/α,β-unsaturated/α-hetero) is 2. The second-order valence-electron chi connectivity index (χ2n) is 23.1. The number of primary amides is 2. The van der Waals surface area contributed by atoms with Gasteiger partial charge in [-0.15, -0.1) is 6.58 Å². The molecular formula is C64H95N7O14. The lowest BCUT2D eigenvalue weighted by atomic mass is 9.80. The third kappa shape index (κ3) is 21.0. The van der Waals surface area contributed by atoms with E-state index in [1.54, 1.807) is 65.8 Å². The average molecular weight is 1190 g/mol. The Bertz CT molecular complexity index is 2810. The number of ketones is 4. The molecule has 4 amide bonds. The van der Waals surface area contributed by atoms with Crippen molar-refractivity contribution in [2.45, 2.75) is 140 Å². The zero-order valence-corrected chi connectivity index (χ0v) is 51.1. The first kappa shape index (κ1) is 73.8. The van der Waals surface area contributed by atoms with Crippen molar-refractivity contribution >= 4 is 47.1 Å². The fourth-order valence-corrected chi connectivity index (χ4v) is 10.6. The number of nitrogens with zero attached hydrogens (tertiary/aromatic N) is 1. The Morgan fingerprint density at radius 1 is 0.624 bits per heavy atom. The van der Waals surface area contributed by atoms with Gasteiger partial charge >= 0.3 is 12.2 Å². The zero-order chi connectivity index (χ0) is 63.6. The van der Waals surface area contributed by atoms with Crippen LogP contribution in [0.1, 0.15) is 103 Å². The third-order valence-electron chi connectivity index (χ3n) is 15.4. The maximum absolute atomic E-state index is 13.7. The summed E-state index contributed by atoms with van der Waals surface area (Å²) in [5.74, 6) is -6.72. The second-order valence-corrected chi connectivity index (χ2v) is 23.1. The highest BCUT2D eigenvalue weighted by Crippen LogP contribution is 2.33. The first-order valence-electron chi connectivity index (χ1n) is 28.4. The van der Waals surface area contributed by atoms with Crippen LogP contribution >= 0.6 is 0 Å². The largest absolute Gasteiger partial charge is 0.441 e. The van der Waals surface area contributed by atoms with E-state index in [1.165, 1.54) is 18.2 Å². The normalized spacial score (nSPS) is 33.1. The van der Waals surface area contributed by atoms with E-state index >= 15 is 0 Å². The molecule has 0 aromatic rings. The number of allylic oxidation sites excluding steroid dienone is 8. The van der Waals surface area contributed by atoms with Gasteiger partial charge < -0.3 is 67.5 Å². The van der Waals surface area contributed by atoms with Gasteiger partial charge in [0.15, 0.2) is 0 Å². The number of amides is 4. The molecule has 0 aromatic heterocycles. The molecule has 21 nitrogen and oxygen atoms in total. The van der Waals surface area contributed by atoms with Gasteiger partial charge in [0.25, 0.3) is 11.8 Å². The Morgan fingerprint density at radius 2 is 0.988 bits per heavy atom. The Hall–Kier alpha value is -7.30. The molecule has 0 spiro atoms. The number of nitrogens with one attached hydrogen (secondary N) is 4. The fourth-order valence-electron chi connectivity index (χ4n) is 10.6. The summed E-state index contributed by atoms with van der Waals surface area (Å²) in [4.78, 5) is 105. The molecule has 470 valence electrons. The average Bonchev–Trinajstić information content (AvgIpc) is 2.49. The van der Waals surface area contributed by atoms with Crippen LogP contribution < -0.4 is 32.7 Å². The quantitative estimate of drug-likeness (QED) is 0.100. The predicted molar refractivity (Wildman–Crippen MR) is 327 cm³/mol. The second kappa shape index (κ2) is 34.0. The topological polar surface area (TPSA) is 339 Å². The molecule has 21 heteroatoms. The van der Waals surface area contributed by atoms with E-state index < -0.39 is 95.6 Å². The van der Waals surface area contributed by atoms with Crippen LogP contribution in [0.5, 0.6) is 0 Å². The van der Waals surface area contributed by atoms with Gasteiger partial charge in [0.1, 0.15) is 12.2 Å². The molecule has 2 unspecified atom stereocenters. The Morgan fingerprint density at radius 3 is 1.33 bits per heavy atom. The van der Waals surface area contributed by atoms with Crippen LogP contribution in [0.2, 0.25) is 0 Å². The number of hydrogen-bond donors (Lipinski definition) is 10. The van der Waals surface area contributed by atoms with Gasteiger partial charge in [-0.05, 0) is 89.4 Å². The van der Waals surface area contributed by atoms with Crippen LogP contribution in [-0.4, -0.2) is 143 Å². The fraction of sp³-hybridized carbons (Fsp3) is 0.531. The Labute approximate surface area is 501 Å². The summed E-state index contributed by atoms with van der Waals surface area (Å²) >= 11 is 0. The number of fused-ring (bicyclic) bond motifs is 4. The van der Waals surface area contributed by atoms with Crippen molar-refractivity contribution in [1.29, 1.82) is 0 Å². The summed E-state index contributed by atoms with van der Waals surface area (Å²) in [5.41, 5.74) is 11.8. The minimum Gasteiger partial charge on any atom is -0.441 e. The number of ether oxygens (including phenoxy) is 2. The minimum atomic E-state index is -1.36. The molecule has 4 bridgehead atoms. The zero-order valence-electron chi connectivity index (χ0n) is 51.1. The lowest BCUT2D eigenvalue weighted by Crippen LogP contribution is -2.41. The van der Waals surface area contributed by atoms with Crippen LogP contribution in [-0.2, 0) is 38.2 Å². The van der Waals surface area contributed by atoms with Crippen molar-refractivity contribution in [3.8, 4) is 0 Å². The number of aliphatic hydroxyl groups excluding tert-OH is 4. The molecule has 4 aliphatic rings. The molecule has 0 radical (unpaired) electrons. The number of hydrogen-bond acceptors (Lipinski definition) is 17. The van der Waals surface area contributed by atoms with Crippen molar-refractivity contribution in [1.82, 2.24) is 26.2 Å². The molecule has 14 atom stereocenters. The number of likely N-dealkylation sites (N-methyl/N-ethyl adjacent to an activating group) is 1. The van der Waals surface area contributed by atoms with Gasteiger partial charge in [-0.25, -0.2) is 9.59 Å². The summed E-state index contributed by atoms with van der Waals surface area (Å²) in [6.07, 6.45) is 10.0. The van der Waals surface area contributed by atoms with Gasteiger partial charge in [-0.2, -0.15) is 0 Å². The van der Waals surface area contributed by atoms with Crippen molar-refractivity contribution in [3.05, 3.63) is 130 Å². The molecule has 85 heavy (non-hydrogen) atoms. The van der Waals surface area contributed by atoms with Gasteiger partial charge in [0.2, 0.25) is 23.1 Å². The van der Waals surface area contributed by atoms with Gasteiger partial charge in [-0.3, -0.25) is 28.8 Å². The lowest BCUT2D eigenvalue weighted by molar-refractivity contribution is -0.121. The highest BCUT2D eigenvalue weighted by Gasteiger charge is 2.39. The first-order chi connectivity index (χ1) is 39.2. The summed E-state index contributed by atoms with van der Waals surface area (Å²) in [5, 5.41) is 56.0. The van der Waals surface area contributed by atoms with E-state index in [0.29, 0.717) is 37.1 Å². The van der Waals surface area contributed by atoms with Crippen LogP contribution in [0, 0.1) is 47.3 Å². The van der Waals surface area contributed by atoms with Gasteiger partial charge in [0, 0.05) is 66.6 Å². The molecule has 4 rings (SSSR count). The van der Waals surface area contributed by atoms with Gasteiger partial charge in [0.05, 0.1) is 58.4 Å². The number of rotatable bonds is 9. The van der Waals surface area contributed by atoms with E-state index in [-0.39, 0.29) is 94.6 Å². The summed E-state index contributed by atoms with van der Waals surface area (Å²) in [6.45, 7) is 25.9. The minimum absolute atomic E-state index is 0. The number of carbonyl (C=O) groups is 8. The van der Waals surface area contributed by atoms with Crippen LogP contribution in [0.4, 0.5) is 9.59 Å². The molecule has 2 aliphatic carbocycles. The van der Waals surface area contributed by atoms with Crippen molar-refractivity contribution in [3.63, 3.8) is 0 Å². The predicted octanol–water partition coefficient (Wildman–Crippen LogP) is 5.51. The van der Waals surface area contributed by atoms with Crippen molar-refractivity contribution < 1.29 is 68.3 Å². The molecule has 2 heterocycles. The molecular weight excluding hydrogens is 1090 g/mol. The van der Waals surface area contributed by atoms with Crippen LogP contribution in [0.25, 0.3) is 0 Å². The van der Waals surface area contributed by atoms with E-state index in [4.69, 9.17) is 20.9 Å². The summed E-state index contributed by atoms with van der Waals surface area (Å²) in [6, 6.07) is 0. The Kier molecular flexibility index (Phi) is 29.5. The number of nitrogens with two attached hydrogens (primary N) is 2. The molecule has 0 aromatic carbocycles. The standard InChI is InChI=1S/C32H48N4O7.C31H43N3O7.CH4/c1-17-10-9-11-18(2)31(41)35-23-16-24(37)26(34-12-13-36(7)8)25(29(23)40)28(39)21(5)14-19(3)27(38)20(4)15-22(6)30(17)43-32(33)42;1-8-12-33-25-23(35)15-22-28(38)24(25)27(37)20(6)13-18(4)26(36)19(5)14-21(7)29(41-31(32)40)16(2)10-9-11-17(3)30(39)34-22;/h9-11,15-17,19-21,27-28,30,34,38-39H,12-14H2,1-8H3,(H2,33,42)(H,35,41);8-11,14-16,18-20,26-27,29,33,36-37H,1,12-13H2,2-7H3,(H2,32,40)(H,34,39);1H4/b10-9-,18-11+,22-15+;10-9-,17-11+,21-14+;/t17-,19-,20-,21-,27-,28?,30+;16-,18-,19-,20-,26-,27?,29+;/m00./s1. The summed E-state index contributed by atoms with van der Waals surface area (Å²) in [7, 11) is 3.74. The van der Waals surface area contributed by atoms with E-state index in [1.807, 2.05) is 72.7 Å². The molecule has 0 saturated heterocycles. The van der Waals surface area contributed by atoms with E-state index in [2.05, 4.69) is 27.8 Å². The smallest absolute Gasteiger partial charge is 0.405 e. The first-order valence-corrected chi connectivity index (χ1v) is 28.4. The number of carbonyl (C=O) groups excluding carboxylic acids is 8. The highest BCUT2D eigenvalue weighted by atomic mass is 16.6. The molecule has 0 fully saturated rings. The SMILES string of the molecule is C.C/C1=C\C=C/[C@H](C)[C@@H](OC(N)=O)/C(C)=C/[C@H](C)[C@@H](O)[C@@H](C)C[C@H](C)C(O)C2=C(NCCN(C)C)C(=O)C=C(NC1=O)C2=O.C=CCNC1=C2C(=O)C(=CC1=O)NC(=O)/C(C)=C/C=C\[C@H](C)[C@@H](OC(N)=O)/C(C)=C/[C@H](C)[C@@H](O)[C@@H](C)C[C@H](C)C2O. The number of aliphatic hydroxyl groups is 4. The molecule has 12 N–H and O–H groups in total. The van der Waals surface area contributed by atoms with Crippen molar-refractivity contribution in [2.75, 3.05) is 33.7 Å². The molecule has 2 aliphatic heterocycles. The lowest BCUT2D eigenvalue weighted by Gasteiger charge is -2.31. The van der Waals surface area contributed by atoms with Crippen LogP contribution in [0.3, 0.4) is 0 Å². The maximum Gasteiger partial charge on any atom is 0.405 e. The summed E-state index contributed by atoms with van der Waals surface area (Å²) < 4.78 is 10.8. The molecule has 0 saturated carbocycles. The van der Waals surface area contributed by atoms with Crippen LogP contribution in [0.15, 0.2) is 130 Å². The van der Waals surface area contributed by atoms with Gasteiger partial charge in [-0.1, -0.05) is 118 Å². The monoisotopic (exact) mass is 1190 g/mol. The van der Waals surface area contributed by atoms with E-state index in [9.17, 15) is 58.8 Å². The van der Waals surface area contributed by atoms with Crippen molar-refractivity contribution in [2.24, 2.45) is 58.8 Å². The highest BCUT2D eigenvalue weighted by molar-refractivity contribution is 6.25. The maximum atomic E-state index is 13.7. The Balaban J connectivity index is 0.000000574. The van der Waals surface area contributed by atoms with E-state index in [0.717, 1.165) is 12.2 Å². The third-order valence-corrected chi connectivity index (χ3v) is 15.4.